The van der Waals surface area contributed by atoms with Gasteiger partial charge in [-0.3, -0.25) is 4.79 Å². The fraction of sp³-hybridized carbons (Fsp3) is 0.222. The molecule has 23 heavy (non-hydrogen) atoms. The maximum atomic E-state index is 13.4. The molecule has 0 bridgehead atoms. The zero-order chi connectivity index (χ0) is 17.0. The fourth-order valence-electron chi connectivity index (χ4n) is 1.99. The van der Waals surface area contributed by atoms with Crippen LogP contribution in [0.25, 0.3) is 0 Å². The number of anilines is 1. The van der Waals surface area contributed by atoms with Crippen LogP contribution in [0.3, 0.4) is 0 Å². The van der Waals surface area contributed by atoms with Gasteiger partial charge in [-0.1, -0.05) is 18.2 Å². The maximum absolute atomic E-state index is 13.4. The molecule has 0 fully saturated rings. The van der Waals surface area contributed by atoms with Gasteiger partial charge in [0, 0.05) is 5.69 Å². The lowest BCUT2D eigenvalue weighted by Crippen LogP contribution is -2.21. The third-order valence-corrected chi connectivity index (χ3v) is 3.41. The van der Waals surface area contributed by atoms with Gasteiger partial charge in [0.1, 0.15) is 5.82 Å². The number of hydrogen-bond acceptors (Lipinski definition) is 3. The molecular weight excluding hydrogens is 297 g/mol. The molecule has 0 heterocycles. The number of hydrogen-bond donors (Lipinski definition) is 1. The van der Waals surface area contributed by atoms with Crippen molar-refractivity contribution in [2.24, 2.45) is 0 Å². The number of nitrogens with one attached hydrogen (secondary N) is 1. The largest absolute Gasteiger partial charge is 0.452 e. The summed E-state index contributed by atoms with van der Waals surface area (Å²) in [6, 6.07) is 9.72. The minimum absolute atomic E-state index is 0.0765. The lowest BCUT2D eigenvalue weighted by atomic mass is 10.1. The first kappa shape index (κ1) is 16.7. The van der Waals surface area contributed by atoms with Crippen LogP contribution in [-0.2, 0) is 9.53 Å². The van der Waals surface area contributed by atoms with Crippen LogP contribution in [0.1, 0.15) is 27.0 Å². The molecule has 0 aliphatic carbocycles. The van der Waals surface area contributed by atoms with E-state index in [1.165, 1.54) is 12.1 Å². The van der Waals surface area contributed by atoms with Crippen molar-refractivity contribution in [1.82, 2.24) is 0 Å². The summed E-state index contributed by atoms with van der Waals surface area (Å²) in [6.07, 6.45) is 0. The number of aryl methyl sites for hydroxylation is 3. The van der Waals surface area contributed by atoms with Crippen molar-refractivity contribution in [2.75, 3.05) is 11.9 Å². The normalized spacial score (nSPS) is 10.3. The summed E-state index contributed by atoms with van der Waals surface area (Å²) < 4.78 is 18.3. The number of esters is 1. The van der Waals surface area contributed by atoms with E-state index in [1.54, 1.807) is 6.92 Å². The number of carbonyl (C=O) groups is 2. The van der Waals surface area contributed by atoms with Crippen LogP contribution in [0, 0.1) is 26.6 Å². The predicted octanol–water partition coefficient (Wildman–Crippen LogP) is 3.55. The summed E-state index contributed by atoms with van der Waals surface area (Å²) in [6.45, 7) is 4.96. The van der Waals surface area contributed by atoms with E-state index < -0.39 is 24.3 Å². The molecule has 0 spiro atoms. The molecule has 2 rings (SSSR count). The maximum Gasteiger partial charge on any atom is 0.338 e. The molecule has 1 amide bonds. The first-order valence-corrected chi connectivity index (χ1v) is 7.17. The van der Waals surface area contributed by atoms with E-state index in [0.29, 0.717) is 11.3 Å². The van der Waals surface area contributed by atoms with Crippen LogP contribution in [-0.4, -0.2) is 18.5 Å². The minimum atomic E-state index is -0.736. The number of carbonyl (C=O) groups excluding carboxylic acids is 2. The number of halogens is 1. The van der Waals surface area contributed by atoms with Gasteiger partial charge < -0.3 is 10.1 Å². The molecule has 2 aromatic carbocycles. The van der Waals surface area contributed by atoms with Gasteiger partial charge in [-0.25, -0.2) is 9.18 Å². The Labute approximate surface area is 134 Å². The van der Waals surface area contributed by atoms with Crippen molar-refractivity contribution in [3.63, 3.8) is 0 Å². The first-order chi connectivity index (χ1) is 10.9. The molecule has 0 saturated heterocycles. The fourth-order valence-corrected chi connectivity index (χ4v) is 1.99. The Morgan fingerprint density at radius 2 is 1.74 bits per heavy atom. The van der Waals surface area contributed by atoms with Crippen LogP contribution in [0.5, 0.6) is 0 Å². The van der Waals surface area contributed by atoms with E-state index >= 15 is 0 Å². The van der Waals surface area contributed by atoms with E-state index in [4.69, 9.17) is 4.74 Å². The summed E-state index contributed by atoms with van der Waals surface area (Å²) >= 11 is 0. The molecule has 120 valence electrons. The highest BCUT2D eigenvalue weighted by atomic mass is 19.1. The van der Waals surface area contributed by atoms with Gasteiger partial charge in [-0.15, -0.1) is 0 Å². The van der Waals surface area contributed by atoms with Crippen LogP contribution in [0.15, 0.2) is 36.4 Å². The zero-order valence-electron chi connectivity index (χ0n) is 13.3. The van der Waals surface area contributed by atoms with Gasteiger partial charge >= 0.3 is 5.97 Å². The molecule has 1 N–H and O–H groups in total. The zero-order valence-corrected chi connectivity index (χ0v) is 13.3. The second-order valence-electron chi connectivity index (χ2n) is 5.41. The molecule has 0 aliphatic rings. The molecule has 0 radical (unpaired) electrons. The Hall–Kier alpha value is -2.69. The predicted molar refractivity (Wildman–Crippen MR) is 86.0 cm³/mol. The molecule has 0 aliphatic heterocycles. The number of rotatable bonds is 4. The average molecular weight is 315 g/mol. The van der Waals surface area contributed by atoms with E-state index in [9.17, 15) is 14.0 Å². The van der Waals surface area contributed by atoms with Crippen LogP contribution < -0.4 is 5.32 Å². The Balaban J connectivity index is 1.94. The van der Waals surface area contributed by atoms with Crippen molar-refractivity contribution in [3.05, 3.63) is 64.5 Å². The van der Waals surface area contributed by atoms with Crippen LogP contribution in [0.4, 0.5) is 10.1 Å². The first-order valence-electron chi connectivity index (χ1n) is 7.17. The molecule has 0 atom stereocenters. The molecule has 2 aromatic rings. The second kappa shape index (κ2) is 7.05. The Bertz CT molecular complexity index is 756. The molecule has 0 aromatic heterocycles. The van der Waals surface area contributed by atoms with E-state index in [-0.39, 0.29) is 5.56 Å². The Morgan fingerprint density at radius 3 is 2.43 bits per heavy atom. The third kappa shape index (κ3) is 4.39. The van der Waals surface area contributed by atoms with Gasteiger partial charge in [-0.05, 0) is 55.7 Å². The highest BCUT2D eigenvalue weighted by Gasteiger charge is 2.12. The van der Waals surface area contributed by atoms with Gasteiger partial charge in [0.2, 0.25) is 0 Å². The monoisotopic (exact) mass is 315 g/mol. The molecule has 0 unspecified atom stereocenters. The van der Waals surface area contributed by atoms with Crippen LogP contribution >= 0.6 is 0 Å². The van der Waals surface area contributed by atoms with Crippen molar-refractivity contribution in [1.29, 1.82) is 0 Å². The minimum Gasteiger partial charge on any atom is -0.452 e. The van der Waals surface area contributed by atoms with E-state index in [1.807, 2.05) is 32.0 Å². The molecule has 0 saturated carbocycles. The highest BCUT2D eigenvalue weighted by molar-refractivity contribution is 5.96. The number of amides is 1. The lowest BCUT2D eigenvalue weighted by Gasteiger charge is -2.10. The SMILES string of the molecule is Cc1ccc(C)c(NC(=O)COC(=O)c2ccc(C)c(F)c2)c1. The van der Waals surface area contributed by atoms with Crippen molar-refractivity contribution >= 4 is 17.6 Å². The van der Waals surface area contributed by atoms with Gasteiger partial charge in [-0.2, -0.15) is 0 Å². The standard InChI is InChI=1S/C18H18FNO3/c1-11-4-5-13(3)16(8-11)20-17(21)10-23-18(22)14-7-6-12(2)15(19)9-14/h4-9H,10H2,1-3H3,(H,20,21). The summed E-state index contributed by atoms with van der Waals surface area (Å²) in [5.74, 6) is -1.67. The Kier molecular flexibility index (Phi) is 5.11. The second-order valence-corrected chi connectivity index (χ2v) is 5.41. The van der Waals surface area contributed by atoms with E-state index in [2.05, 4.69) is 5.32 Å². The summed E-state index contributed by atoms with van der Waals surface area (Å²) in [5, 5.41) is 2.69. The smallest absolute Gasteiger partial charge is 0.338 e. The molecule has 4 nitrogen and oxygen atoms in total. The molecule has 5 heteroatoms. The average Bonchev–Trinajstić information content (AvgIpc) is 2.51. The number of benzene rings is 2. The third-order valence-electron chi connectivity index (χ3n) is 3.41. The van der Waals surface area contributed by atoms with Crippen molar-refractivity contribution in [3.8, 4) is 0 Å². The Morgan fingerprint density at radius 1 is 1.04 bits per heavy atom. The highest BCUT2D eigenvalue weighted by Crippen LogP contribution is 2.16. The quantitative estimate of drug-likeness (QED) is 0.878. The summed E-state index contributed by atoms with van der Waals surface area (Å²) in [7, 11) is 0. The van der Waals surface area contributed by atoms with E-state index in [0.717, 1.165) is 17.2 Å². The summed E-state index contributed by atoms with van der Waals surface area (Å²) in [5.41, 5.74) is 3.11. The van der Waals surface area contributed by atoms with Crippen molar-refractivity contribution in [2.45, 2.75) is 20.8 Å². The number of ether oxygens (including phenoxy) is 1. The van der Waals surface area contributed by atoms with Gasteiger partial charge in [0.05, 0.1) is 5.56 Å². The molecular formula is C18H18FNO3. The van der Waals surface area contributed by atoms with Crippen LogP contribution in [0.2, 0.25) is 0 Å². The summed E-state index contributed by atoms with van der Waals surface area (Å²) in [4.78, 5) is 23.7. The van der Waals surface area contributed by atoms with Gasteiger partial charge in [0.25, 0.3) is 5.91 Å². The van der Waals surface area contributed by atoms with Crippen molar-refractivity contribution < 1.29 is 18.7 Å². The topological polar surface area (TPSA) is 55.4 Å². The lowest BCUT2D eigenvalue weighted by molar-refractivity contribution is -0.119. The van der Waals surface area contributed by atoms with Gasteiger partial charge in [0.15, 0.2) is 6.61 Å².